The van der Waals surface area contributed by atoms with Crippen molar-refractivity contribution >= 4 is 17.9 Å². The maximum absolute atomic E-state index is 11.6. The van der Waals surface area contributed by atoms with Crippen LogP contribution >= 0.6 is 0 Å². The SMILES string of the molecule is CCOC(=O)c1[nH]c(C(=O)O)c(CCC(=O)O)c1C. The number of carboxylic acids is 2. The van der Waals surface area contributed by atoms with Crippen molar-refractivity contribution in [1.82, 2.24) is 4.98 Å². The molecular weight excluding hydrogens is 254 g/mol. The zero-order valence-corrected chi connectivity index (χ0v) is 10.6. The van der Waals surface area contributed by atoms with Gasteiger partial charge in [0.15, 0.2) is 0 Å². The van der Waals surface area contributed by atoms with Crippen molar-refractivity contribution in [2.24, 2.45) is 0 Å². The predicted octanol–water partition coefficient (Wildman–Crippen LogP) is 1.22. The third kappa shape index (κ3) is 3.34. The summed E-state index contributed by atoms with van der Waals surface area (Å²) >= 11 is 0. The number of aromatic amines is 1. The minimum atomic E-state index is -1.24. The molecule has 7 nitrogen and oxygen atoms in total. The van der Waals surface area contributed by atoms with E-state index in [0.717, 1.165) is 0 Å². The zero-order chi connectivity index (χ0) is 14.6. The standard InChI is InChI=1S/C12H15NO6/c1-3-19-12(18)9-6(2)7(4-5-8(14)15)10(13-9)11(16)17/h13H,3-5H2,1-2H3,(H,14,15)(H,16,17). The molecular formula is C12H15NO6. The molecule has 0 radical (unpaired) electrons. The van der Waals surface area contributed by atoms with Crippen LogP contribution < -0.4 is 0 Å². The molecule has 0 saturated carbocycles. The van der Waals surface area contributed by atoms with Crippen molar-refractivity contribution < 1.29 is 29.3 Å². The van der Waals surface area contributed by atoms with Gasteiger partial charge < -0.3 is 19.9 Å². The number of aliphatic carboxylic acids is 1. The molecule has 0 fully saturated rings. The molecule has 0 amide bonds. The van der Waals surface area contributed by atoms with E-state index in [2.05, 4.69) is 4.98 Å². The number of carbonyl (C=O) groups is 3. The maximum Gasteiger partial charge on any atom is 0.355 e. The van der Waals surface area contributed by atoms with Gasteiger partial charge in [0, 0.05) is 6.42 Å². The molecule has 1 aromatic rings. The largest absolute Gasteiger partial charge is 0.481 e. The molecule has 104 valence electrons. The van der Waals surface area contributed by atoms with Crippen LogP contribution in [0.2, 0.25) is 0 Å². The number of hydrogen-bond donors (Lipinski definition) is 3. The second-order valence-electron chi connectivity index (χ2n) is 3.90. The smallest absolute Gasteiger partial charge is 0.355 e. The third-order valence-corrected chi connectivity index (χ3v) is 2.66. The molecule has 1 aromatic heterocycles. The van der Waals surface area contributed by atoms with Crippen LogP contribution in [0.25, 0.3) is 0 Å². The van der Waals surface area contributed by atoms with Crippen molar-refractivity contribution in [2.45, 2.75) is 26.7 Å². The van der Waals surface area contributed by atoms with Crippen LogP contribution in [0.1, 0.15) is 45.4 Å². The van der Waals surface area contributed by atoms with E-state index in [4.69, 9.17) is 14.9 Å². The van der Waals surface area contributed by atoms with Gasteiger partial charge in [0.05, 0.1) is 6.61 Å². The molecule has 0 unspecified atom stereocenters. The van der Waals surface area contributed by atoms with Gasteiger partial charge in [0.2, 0.25) is 0 Å². The van der Waals surface area contributed by atoms with Crippen LogP contribution in [0, 0.1) is 6.92 Å². The Hall–Kier alpha value is -2.31. The number of aromatic carboxylic acids is 1. The van der Waals surface area contributed by atoms with Gasteiger partial charge in [-0.05, 0) is 31.4 Å². The van der Waals surface area contributed by atoms with Gasteiger partial charge in [-0.15, -0.1) is 0 Å². The Morgan fingerprint density at radius 2 is 1.84 bits per heavy atom. The molecule has 0 atom stereocenters. The molecule has 1 heterocycles. The number of carboxylic acid groups (broad SMARTS) is 2. The van der Waals surface area contributed by atoms with E-state index in [1.807, 2.05) is 0 Å². The number of nitrogens with one attached hydrogen (secondary N) is 1. The molecule has 19 heavy (non-hydrogen) atoms. The summed E-state index contributed by atoms with van der Waals surface area (Å²) in [4.78, 5) is 35.8. The molecule has 0 spiro atoms. The minimum absolute atomic E-state index is 0.0404. The van der Waals surface area contributed by atoms with Crippen LogP contribution in [0.4, 0.5) is 0 Å². The number of ether oxygens (including phenoxy) is 1. The Bertz CT molecular complexity index is 517. The summed E-state index contributed by atoms with van der Waals surface area (Å²) in [5.41, 5.74) is 0.622. The number of rotatable bonds is 6. The molecule has 3 N–H and O–H groups in total. The first-order chi connectivity index (χ1) is 8.88. The summed E-state index contributed by atoms with van der Waals surface area (Å²) in [6.07, 6.45) is -0.167. The first kappa shape index (κ1) is 14.7. The van der Waals surface area contributed by atoms with Gasteiger partial charge in [-0.3, -0.25) is 4.79 Å². The molecule has 0 aromatic carbocycles. The van der Waals surface area contributed by atoms with Crippen LogP contribution in [0.5, 0.6) is 0 Å². The fourth-order valence-corrected chi connectivity index (χ4v) is 1.77. The summed E-state index contributed by atoms with van der Waals surface area (Å²) in [6.45, 7) is 3.37. The Balaban J connectivity index is 3.16. The Morgan fingerprint density at radius 1 is 1.21 bits per heavy atom. The lowest BCUT2D eigenvalue weighted by Gasteiger charge is -2.01. The van der Waals surface area contributed by atoms with Crippen molar-refractivity contribution in [1.29, 1.82) is 0 Å². The van der Waals surface area contributed by atoms with Gasteiger partial charge in [-0.2, -0.15) is 0 Å². The lowest BCUT2D eigenvalue weighted by Crippen LogP contribution is -2.07. The number of H-pyrrole nitrogens is 1. The van der Waals surface area contributed by atoms with Gasteiger partial charge in [0.25, 0.3) is 0 Å². The molecule has 0 aliphatic heterocycles. The fraction of sp³-hybridized carbons (Fsp3) is 0.417. The second-order valence-corrected chi connectivity index (χ2v) is 3.90. The van der Waals surface area contributed by atoms with E-state index in [9.17, 15) is 14.4 Å². The molecule has 1 rings (SSSR count). The van der Waals surface area contributed by atoms with Crippen molar-refractivity contribution in [3.8, 4) is 0 Å². The van der Waals surface area contributed by atoms with Gasteiger partial charge >= 0.3 is 17.9 Å². The summed E-state index contributed by atoms with van der Waals surface area (Å²) in [7, 11) is 0. The van der Waals surface area contributed by atoms with E-state index in [1.165, 1.54) is 0 Å². The Labute approximate surface area is 109 Å². The molecule has 7 heteroatoms. The molecule has 0 aliphatic rings. The Kier molecular flexibility index (Phi) is 4.68. The molecule has 0 aliphatic carbocycles. The summed E-state index contributed by atoms with van der Waals surface area (Å²) < 4.78 is 4.80. The number of hydrogen-bond acceptors (Lipinski definition) is 4. The lowest BCUT2D eigenvalue weighted by molar-refractivity contribution is -0.136. The first-order valence-corrected chi connectivity index (χ1v) is 5.72. The van der Waals surface area contributed by atoms with E-state index in [-0.39, 0.29) is 30.8 Å². The number of aromatic nitrogens is 1. The van der Waals surface area contributed by atoms with E-state index in [0.29, 0.717) is 11.1 Å². The number of carbonyl (C=O) groups excluding carboxylic acids is 1. The van der Waals surface area contributed by atoms with Crippen LogP contribution in [-0.4, -0.2) is 39.7 Å². The van der Waals surface area contributed by atoms with E-state index < -0.39 is 17.9 Å². The molecule has 0 bridgehead atoms. The topological polar surface area (TPSA) is 117 Å². The van der Waals surface area contributed by atoms with Gasteiger partial charge in [-0.1, -0.05) is 0 Å². The quantitative estimate of drug-likeness (QED) is 0.668. The normalized spacial score (nSPS) is 10.2. The van der Waals surface area contributed by atoms with Crippen LogP contribution in [-0.2, 0) is 16.0 Å². The summed E-state index contributed by atoms with van der Waals surface area (Å²) in [5, 5.41) is 17.7. The highest BCUT2D eigenvalue weighted by Gasteiger charge is 2.23. The average molecular weight is 269 g/mol. The number of esters is 1. The first-order valence-electron chi connectivity index (χ1n) is 5.72. The van der Waals surface area contributed by atoms with Gasteiger partial charge in [-0.25, -0.2) is 9.59 Å². The summed E-state index contributed by atoms with van der Waals surface area (Å²) in [5.74, 6) is -2.92. The monoisotopic (exact) mass is 269 g/mol. The van der Waals surface area contributed by atoms with Gasteiger partial charge in [0.1, 0.15) is 11.4 Å². The molecule has 0 saturated heterocycles. The average Bonchev–Trinajstić information content (AvgIpc) is 2.64. The lowest BCUT2D eigenvalue weighted by atomic mass is 10.0. The fourth-order valence-electron chi connectivity index (χ4n) is 1.77. The highest BCUT2D eigenvalue weighted by atomic mass is 16.5. The highest BCUT2D eigenvalue weighted by molar-refractivity contribution is 5.95. The van der Waals surface area contributed by atoms with E-state index in [1.54, 1.807) is 13.8 Å². The summed E-state index contributed by atoms with van der Waals surface area (Å²) in [6, 6.07) is 0. The maximum atomic E-state index is 11.6. The predicted molar refractivity (Wildman–Crippen MR) is 64.4 cm³/mol. The van der Waals surface area contributed by atoms with Crippen molar-refractivity contribution in [3.05, 3.63) is 22.5 Å². The second kappa shape index (κ2) is 6.03. The van der Waals surface area contributed by atoms with Crippen molar-refractivity contribution in [3.63, 3.8) is 0 Å². The van der Waals surface area contributed by atoms with Crippen LogP contribution in [0.15, 0.2) is 0 Å². The van der Waals surface area contributed by atoms with Crippen molar-refractivity contribution in [2.75, 3.05) is 6.61 Å². The third-order valence-electron chi connectivity index (χ3n) is 2.66. The van der Waals surface area contributed by atoms with E-state index >= 15 is 0 Å². The minimum Gasteiger partial charge on any atom is -0.481 e. The Morgan fingerprint density at radius 3 is 2.32 bits per heavy atom. The zero-order valence-electron chi connectivity index (χ0n) is 10.6. The van der Waals surface area contributed by atoms with Crippen LogP contribution in [0.3, 0.4) is 0 Å². The highest BCUT2D eigenvalue weighted by Crippen LogP contribution is 2.21.